The summed E-state index contributed by atoms with van der Waals surface area (Å²) in [4.78, 5) is 4.02. The Morgan fingerprint density at radius 2 is 1.77 bits per heavy atom. The standard InChI is InChI=1S/C19H20FN3O6S/c1-23(30(24,25)13-6-8-16(27-3)15(20)10-13)11-18-21-19(22-29-18)14-7-5-12(26-2)9-17(14)28-4/h5-10H,11H2,1-4H3. The van der Waals surface area contributed by atoms with E-state index < -0.39 is 15.8 Å². The fourth-order valence-corrected chi connectivity index (χ4v) is 3.81. The number of sulfonamides is 1. The maximum atomic E-state index is 13.9. The first-order chi connectivity index (χ1) is 14.3. The molecule has 0 aliphatic rings. The van der Waals surface area contributed by atoms with Gasteiger partial charge in [-0.3, -0.25) is 0 Å². The topological polar surface area (TPSA) is 104 Å². The number of hydrogen-bond acceptors (Lipinski definition) is 8. The highest BCUT2D eigenvalue weighted by molar-refractivity contribution is 7.89. The zero-order valence-corrected chi connectivity index (χ0v) is 17.6. The van der Waals surface area contributed by atoms with Crippen LogP contribution in [0, 0.1) is 5.82 Å². The maximum absolute atomic E-state index is 13.9. The van der Waals surface area contributed by atoms with E-state index in [9.17, 15) is 12.8 Å². The van der Waals surface area contributed by atoms with Crippen LogP contribution in [0.1, 0.15) is 5.89 Å². The van der Waals surface area contributed by atoms with Gasteiger partial charge in [-0.15, -0.1) is 0 Å². The third-order valence-corrected chi connectivity index (χ3v) is 6.11. The summed E-state index contributed by atoms with van der Waals surface area (Å²) in [6.45, 7) is -0.207. The number of nitrogens with zero attached hydrogens (tertiary/aromatic N) is 3. The molecule has 2 aromatic carbocycles. The van der Waals surface area contributed by atoms with Gasteiger partial charge in [-0.25, -0.2) is 12.8 Å². The van der Waals surface area contributed by atoms with Crippen LogP contribution < -0.4 is 14.2 Å². The number of benzene rings is 2. The zero-order chi connectivity index (χ0) is 21.9. The summed E-state index contributed by atoms with van der Waals surface area (Å²) >= 11 is 0. The predicted octanol–water partition coefficient (Wildman–Crippen LogP) is 2.72. The minimum atomic E-state index is -3.99. The number of aromatic nitrogens is 2. The molecular formula is C19H20FN3O6S. The average molecular weight is 437 g/mol. The number of methoxy groups -OCH3 is 3. The molecule has 0 N–H and O–H groups in total. The largest absolute Gasteiger partial charge is 0.497 e. The molecule has 0 atom stereocenters. The van der Waals surface area contributed by atoms with Gasteiger partial charge in [0.15, 0.2) is 11.6 Å². The summed E-state index contributed by atoms with van der Waals surface area (Å²) in [7, 11) is 1.66. The Bertz CT molecular complexity index is 1150. The van der Waals surface area contributed by atoms with E-state index in [4.69, 9.17) is 18.7 Å². The quantitative estimate of drug-likeness (QED) is 0.530. The van der Waals surface area contributed by atoms with Crippen molar-refractivity contribution in [2.24, 2.45) is 0 Å². The molecule has 9 nitrogen and oxygen atoms in total. The predicted molar refractivity (Wildman–Crippen MR) is 104 cm³/mol. The van der Waals surface area contributed by atoms with Crippen LogP contribution in [-0.4, -0.2) is 51.2 Å². The van der Waals surface area contributed by atoms with Crippen LogP contribution in [0.4, 0.5) is 4.39 Å². The average Bonchev–Trinajstić information content (AvgIpc) is 3.21. The smallest absolute Gasteiger partial charge is 0.243 e. The molecule has 11 heteroatoms. The van der Waals surface area contributed by atoms with Crippen LogP contribution in [0.15, 0.2) is 45.8 Å². The van der Waals surface area contributed by atoms with E-state index in [2.05, 4.69) is 10.1 Å². The highest BCUT2D eigenvalue weighted by atomic mass is 32.2. The van der Waals surface area contributed by atoms with Crippen molar-refractivity contribution in [2.75, 3.05) is 28.4 Å². The van der Waals surface area contributed by atoms with Gasteiger partial charge in [0.1, 0.15) is 11.5 Å². The fourth-order valence-electron chi connectivity index (χ4n) is 2.67. The Balaban J connectivity index is 1.82. The molecule has 0 radical (unpaired) electrons. The minimum Gasteiger partial charge on any atom is -0.497 e. The second kappa shape index (κ2) is 8.67. The van der Waals surface area contributed by atoms with Gasteiger partial charge in [-0.05, 0) is 30.3 Å². The van der Waals surface area contributed by atoms with Gasteiger partial charge < -0.3 is 18.7 Å². The number of rotatable bonds is 8. The lowest BCUT2D eigenvalue weighted by Gasteiger charge is -2.15. The van der Waals surface area contributed by atoms with Crippen LogP contribution >= 0.6 is 0 Å². The first kappa shape index (κ1) is 21.5. The fraction of sp³-hybridized carbons (Fsp3) is 0.263. The highest BCUT2D eigenvalue weighted by Gasteiger charge is 2.25. The third kappa shape index (κ3) is 4.21. The summed E-state index contributed by atoms with van der Waals surface area (Å²) in [6.07, 6.45) is 0. The van der Waals surface area contributed by atoms with E-state index >= 15 is 0 Å². The Morgan fingerprint density at radius 3 is 2.40 bits per heavy atom. The molecule has 3 aromatic rings. The Labute approximate surface area is 173 Å². The van der Waals surface area contributed by atoms with Crippen LogP contribution in [0.3, 0.4) is 0 Å². The maximum Gasteiger partial charge on any atom is 0.243 e. The van der Waals surface area contributed by atoms with E-state index in [-0.39, 0.29) is 28.9 Å². The molecule has 160 valence electrons. The first-order valence-electron chi connectivity index (χ1n) is 8.65. The normalized spacial score (nSPS) is 11.5. The van der Waals surface area contributed by atoms with Crippen molar-refractivity contribution < 1.29 is 31.5 Å². The van der Waals surface area contributed by atoms with Crippen LogP contribution in [0.2, 0.25) is 0 Å². The summed E-state index contributed by atoms with van der Waals surface area (Å²) in [5, 5.41) is 3.89. The van der Waals surface area contributed by atoms with Crippen molar-refractivity contribution in [2.45, 2.75) is 11.4 Å². The first-order valence-corrected chi connectivity index (χ1v) is 10.1. The Hall–Kier alpha value is -3.18. The molecule has 30 heavy (non-hydrogen) atoms. The van der Waals surface area contributed by atoms with Crippen molar-refractivity contribution in [3.63, 3.8) is 0 Å². The Morgan fingerprint density at radius 1 is 1.03 bits per heavy atom. The molecular weight excluding hydrogens is 417 g/mol. The molecule has 0 saturated heterocycles. The molecule has 1 heterocycles. The van der Waals surface area contributed by atoms with Crippen molar-refractivity contribution >= 4 is 10.0 Å². The second-order valence-corrected chi connectivity index (χ2v) is 8.18. The molecule has 3 rings (SSSR count). The van der Waals surface area contributed by atoms with Gasteiger partial charge in [0, 0.05) is 13.1 Å². The van der Waals surface area contributed by atoms with E-state index in [0.717, 1.165) is 10.4 Å². The number of ether oxygens (including phenoxy) is 3. The monoisotopic (exact) mass is 437 g/mol. The van der Waals surface area contributed by atoms with E-state index in [1.54, 1.807) is 18.2 Å². The Kier molecular flexibility index (Phi) is 6.22. The molecule has 0 aliphatic heterocycles. The van der Waals surface area contributed by atoms with Gasteiger partial charge in [0.25, 0.3) is 0 Å². The molecule has 0 amide bonds. The molecule has 0 spiro atoms. The van der Waals surface area contributed by atoms with E-state index in [0.29, 0.717) is 17.1 Å². The van der Waals surface area contributed by atoms with Crippen LogP contribution in [0.25, 0.3) is 11.4 Å². The third-order valence-electron chi connectivity index (χ3n) is 4.31. The van der Waals surface area contributed by atoms with Gasteiger partial charge in [0.05, 0.1) is 38.3 Å². The number of hydrogen-bond donors (Lipinski definition) is 0. The van der Waals surface area contributed by atoms with Gasteiger partial charge in [-0.2, -0.15) is 9.29 Å². The molecule has 0 bridgehead atoms. The van der Waals surface area contributed by atoms with Gasteiger partial charge in [-0.1, -0.05) is 5.16 Å². The van der Waals surface area contributed by atoms with Gasteiger partial charge >= 0.3 is 0 Å². The van der Waals surface area contributed by atoms with Crippen molar-refractivity contribution in [3.05, 3.63) is 48.1 Å². The lowest BCUT2D eigenvalue weighted by Crippen LogP contribution is -2.26. The zero-order valence-electron chi connectivity index (χ0n) is 16.7. The second-order valence-electron chi connectivity index (χ2n) is 6.14. The van der Waals surface area contributed by atoms with Crippen molar-refractivity contribution in [1.29, 1.82) is 0 Å². The van der Waals surface area contributed by atoms with Crippen molar-refractivity contribution in [3.8, 4) is 28.6 Å². The summed E-state index contributed by atoms with van der Waals surface area (Å²) in [5.74, 6) is 0.521. The summed E-state index contributed by atoms with van der Waals surface area (Å²) in [5.41, 5.74) is 0.552. The van der Waals surface area contributed by atoms with Crippen LogP contribution in [0.5, 0.6) is 17.2 Å². The lowest BCUT2D eigenvalue weighted by molar-refractivity contribution is 0.336. The minimum absolute atomic E-state index is 0.0495. The molecule has 0 saturated carbocycles. The number of halogens is 1. The molecule has 0 aliphatic carbocycles. The van der Waals surface area contributed by atoms with E-state index in [1.165, 1.54) is 40.5 Å². The molecule has 0 unspecified atom stereocenters. The van der Waals surface area contributed by atoms with Crippen LogP contribution in [-0.2, 0) is 16.6 Å². The summed E-state index contributed by atoms with van der Waals surface area (Å²) in [6, 6.07) is 8.48. The lowest BCUT2D eigenvalue weighted by atomic mass is 10.2. The SMILES string of the molecule is COc1ccc(-c2noc(CN(C)S(=O)(=O)c3ccc(OC)c(F)c3)n2)c(OC)c1. The van der Waals surface area contributed by atoms with E-state index in [1.807, 2.05) is 0 Å². The highest BCUT2D eigenvalue weighted by Crippen LogP contribution is 2.32. The summed E-state index contributed by atoms with van der Waals surface area (Å²) < 4.78 is 60.8. The molecule has 0 fully saturated rings. The van der Waals surface area contributed by atoms with Gasteiger partial charge in [0.2, 0.25) is 21.7 Å². The molecule has 1 aromatic heterocycles. The van der Waals surface area contributed by atoms with Crippen molar-refractivity contribution in [1.82, 2.24) is 14.4 Å².